The van der Waals surface area contributed by atoms with Crippen LogP contribution >= 0.6 is 0 Å². The number of anilines is 1. The third kappa shape index (κ3) is 31.3. The molecule has 137 heavy (non-hydrogen) atoms. The van der Waals surface area contributed by atoms with Crippen LogP contribution in [0.4, 0.5) is 5.69 Å². The van der Waals surface area contributed by atoms with E-state index in [9.17, 15) is 101 Å². The van der Waals surface area contributed by atoms with Gasteiger partial charge in [0, 0.05) is 106 Å². The van der Waals surface area contributed by atoms with Crippen LogP contribution in [0.1, 0.15) is 294 Å². The van der Waals surface area contributed by atoms with Crippen LogP contribution in [0.2, 0.25) is 0 Å². The molecule has 0 radical (unpaired) electrons. The van der Waals surface area contributed by atoms with Gasteiger partial charge in [-0.2, -0.15) is 16.8 Å². The highest BCUT2D eigenvalue weighted by Gasteiger charge is 2.61. The van der Waals surface area contributed by atoms with Crippen molar-refractivity contribution in [2.45, 2.75) is 382 Å². The molecule has 0 bridgehead atoms. The Morgan fingerprint density at radius 2 is 1.20 bits per heavy atom. The average molecular weight is 1970 g/mol. The summed E-state index contributed by atoms with van der Waals surface area (Å²) in [5.41, 5.74) is 1.75. The molecule has 0 spiro atoms. The Balaban J connectivity index is 0.850. The van der Waals surface area contributed by atoms with Crippen molar-refractivity contribution in [1.29, 1.82) is 0 Å². The topological polar surface area (TPSA) is 527 Å². The van der Waals surface area contributed by atoms with E-state index in [0.29, 0.717) is 81.5 Å². The number of unbranched alkanes of at least 4 members (excludes halogenated alkanes) is 25. The molecule has 3 aromatic rings. The first-order valence-corrected chi connectivity index (χ1v) is 52.8. The molecule has 6 aliphatic heterocycles. The standard InChI is InChI=1S/C100H154N6O29S2/c1-11-15-17-19-21-23-25-27-28-30-32-34-36-38-40-47-83(114)103-72(75(110)46-39-37-35-33-31-29-26-24-22-20-18-16-12-2)60-129-95-89(118)88(117)91(81(59-108)132-95)133-96-90(119)93(87(116)80(58-107)131-96)135-100(97(121)122)56-76(111)85(102-63(5)109)92(134-100)86(115)77(112)57-101-82(113)48-43-49-104(10)94(120)67-45-42-41-44-66(67)84-70-50-68-64(61-136(123,124)125)54-98(6,7)105(13-3)73(68)52-78(70)130-79-53-74-69(51-71(79)84)65(62-137(126,127)128)55-99(8,9)106(74)14-4/h39,41-42,44-46,50-55,72,75-77,80-81,85-93,95-96,107-108,110-112,115-119H,11-38,40,43,47-49,56-62H2,1-10H3,(H5-,101,102,103,109,113,114,121,122,123,124,125,126,127,128)/p+1/b46-39+/t72-,75+,76-,77+,80+,81+,85+,86+,87-,88+,89+,90+,91+,92+,93-,95+,96-,100-/m0/s1. The Kier molecular flexibility index (Phi) is 43.9. The Labute approximate surface area is 807 Å². The van der Waals surface area contributed by atoms with Gasteiger partial charge in [-0.15, -0.1) is 0 Å². The Morgan fingerprint density at radius 3 is 1.76 bits per heavy atom. The van der Waals surface area contributed by atoms with Crippen LogP contribution in [-0.4, -0.2) is 302 Å². The number of ether oxygens (including phenoxy) is 7. The van der Waals surface area contributed by atoms with Gasteiger partial charge in [-0.1, -0.05) is 204 Å². The van der Waals surface area contributed by atoms with Gasteiger partial charge < -0.3 is 115 Å². The van der Waals surface area contributed by atoms with E-state index in [-0.39, 0.29) is 48.4 Å². The highest BCUT2D eigenvalue weighted by molar-refractivity contribution is 7.86. The van der Waals surface area contributed by atoms with Crippen LogP contribution in [0.15, 0.2) is 72.8 Å². The van der Waals surface area contributed by atoms with Gasteiger partial charge in [-0.3, -0.25) is 28.3 Å². The summed E-state index contributed by atoms with van der Waals surface area (Å²) in [7, 11) is -7.75. The number of hydrogen-bond acceptors (Lipinski definition) is 27. The number of hydrogen-bond donors (Lipinski definition) is 16. The first-order chi connectivity index (χ1) is 65.1. The van der Waals surface area contributed by atoms with Crippen molar-refractivity contribution >= 4 is 72.2 Å². The molecule has 0 saturated carbocycles. The summed E-state index contributed by atoms with van der Waals surface area (Å²) in [6.45, 7) is 14.4. The number of benzene rings is 3. The zero-order valence-corrected chi connectivity index (χ0v) is 83.2. The van der Waals surface area contributed by atoms with Crippen LogP contribution in [0.5, 0.6) is 11.5 Å². The van der Waals surface area contributed by atoms with Gasteiger partial charge in [0.05, 0.1) is 67.4 Å². The summed E-state index contributed by atoms with van der Waals surface area (Å²) in [6, 6.07) is 10.8. The van der Waals surface area contributed by atoms with E-state index in [4.69, 9.17) is 33.2 Å². The third-order valence-corrected chi connectivity index (χ3v) is 28.3. The smallest absolute Gasteiger partial charge is 0.364 e. The van der Waals surface area contributed by atoms with Gasteiger partial charge in [0.1, 0.15) is 90.6 Å². The van der Waals surface area contributed by atoms with Crippen molar-refractivity contribution in [3.05, 3.63) is 111 Å². The van der Waals surface area contributed by atoms with Gasteiger partial charge in [0.25, 0.3) is 31.9 Å². The molecule has 0 unspecified atom stereocenters. The predicted octanol–water partition coefficient (Wildman–Crippen LogP) is 7.66. The second-order valence-electron chi connectivity index (χ2n) is 38.7. The first kappa shape index (κ1) is 113. The molecule has 9 rings (SSSR count). The summed E-state index contributed by atoms with van der Waals surface area (Å²) < 4.78 is 117. The number of nitrogens with one attached hydrogen (secondary N) is 3. The molecule has 3 aromatic carbocycles. The molecule has 18 atom stereocenters. The van der Waals surface area contributed by atoms with Crippen molar-refractivity contribution in [2.24, 2.45) is 0 Å². The normalized spacial score (nSPS) is 25.0. The maximum atomic E-state index is 15.2. The van der Waals surface area contributed by atoms with Gasteiger partial charge in [0.2, 0.25) is 23.1 Å². The molecule has 3 fully saturated rings. The second kappa shape index (κ2) is 53.1. The predicted molar refractivity (Wildman–Crippen MR) is 516 cm³/mol. The van der Waals surface area contributed by atoms with Crippen molar-refractivity contribution < 1.29 is 139 Å². The minimum absolute atomic E-state index is 0.0285. The molecule has 3 saturated heterocycles. The quantitative estimate of drug-likeness (QED) is 0.00872. The van der Waals surface area contributed by atoms with Crippen LogP contribution < -0.4 is 40.7 Å². The number of carbonyl (C=O) groups is 5. The van der Waals surface area contributed by atoms with E-state index in [2.05, 4.69) is 29.8 Å². The molecular formula is C100H155N6O29S2+. The number of aliphatic hydroxyl groups is 10. The van der Waals surface area contributed by atoms with E-state index in [1.54, 1.807) is 66.8 Å². The number of amides is 4. The lowest BCUT2D eigenvalue weighted by Crippen LogP contribution is -2.71. The number of carboxylic acids is 1. The zero-order chi connectivity index (χ0) is 100. The maximum absolute atomic E-state index is 15.2. The monoisotopic (exact) mass is 1970 g/mol. The maximum Gasteiger partial charge on any atom is 0.364 e. The van der Waals surface area contributed by atoms with Crippen LogP contribution in [0.3, 0.4) is 0 Å². The fourth-order valence-corrected chi connectivity index (χ4v) is 21.0. The molecule has 0 aromatic heterocycles. The minimum atomic E-state index is -4.62. The fraction of sp³-hybridized carbons (Fsp3) is 0.700. The number of allylic oxidation sites excluding steroid dienone is 1. The summed E-state index contributed by atoms with van der Waals surface area (Å²) in [5.74, 6) is -8.71. The molecule has 35 nitrogen and oxygen atoms in total. The van der Waals surface area contributed by atoms with E-state index < -0.39 is 209 Å². The molecule has 37 heteroatoms. The number of aliphatic carboxylic acids is 1. The molecule has 6 heterocycles. The van der Waals surface area contributed by atoms with Crippen LogP contribution in [0, 0.1) is 0 Å². The number of aliphatic hydroxyl groups excluding tert-OH is 10. The van der Waals surface area contributed by atoms with Crippen molar-refractivity contribution in [1.82, 2.24) is 25.4 Å². The summed E-state index contributed by atoms with van der Waals surface area (Å²) in [5, 5.41) is 136. The molecule has 4 amide bonds. The van der Waals surface area contributed by atoms with Crippen LogP contribution in [0.25, 0.3) is 16.7 Å². The largest absolute Gasteiger partial charge is 0.477 e. The lowest BCUT2D eigenvalue weighted by Gasteiger charge is -2.50. The first-order valence-electron chi connectivity index (χ1n) is 49.6. The SMILES string of the molecule is CCCCCCCCCCCCC/C=C/[C@@H](O)[C@H](CO[C@@H]1O[C@H](CO)[C@@H](O[C@@H]2O[C@H](CO)[C@H](O)[C@H](O[C@]3(C(=O)O)C[C@H](O)[C@@H](NC(C)=O)[C@H]([C@H](O)[C@H](O)CNC(=O)CCCN(C)C(=O)c4ccccc4C4=c5cc6c(cc5Oc5cc7c(cc54)C(CS(=O)(=O)O)=CC(C)(C)N7CC)=[N+](CC)C(C)(C)C=C6CS(=O)(=O)O)O3)[C@H]2O)[C@H](O)[C@H]1O)NC(=O)CCCCCCCCCCCCCCCCC. The van der Waals surface area contributed by atoms with Gasteiger partial charge >= 0.3 is 5.97 Å². The van der Waals surface area contributed by atoms with Crippen molar-refractivity contribution in [2.75, 3.05) is 69.5 Å². The molecule has 16 N–H and O–H groups in total. The number of carboxylic acid groups (broad SMARTS) is 1. The van der Waals surface area contributed by atoms with E-state index in [1.807, 2.05) is 57.1 Å². The van der Waals surface area contributed by atoms with Gasteiger partial charge in [0.15, 0.2) is 18.1 Å². The number of rotatable bonds is 58. The lowest BCUT2D eigenvalue weighted by molar-refractivity contribution is -0.386. The summed E-state index contributed by atoms with van der Waals surface area (Å²) in [4.78, 5) is 72.5. The van der Waals surface area contributed by atoms with E-state index >= 15 is 4.79 Å². The minimum Gasteiger partial charge on any atom is -0.477 e. The second-order valence-corrected chi connectivity index (χ2v) is 41.6. The highest BCUT2D eigenvalue weighted by atomic mass is 32.2. The van der Waals surface area contributed by atoms with Crippen LogP contribution in [-0.2, 0) is 67.8 Å². The Bertz CT molecular complexity index is 4930. The zero-order valence-electron chi connectivity index (χ0n) is 81.5. The van der Waals surface area contributed by atoms with E-state index in [1.165, 1.54) is 121 Å². The van der Waals surface area contributed by atoms with Crippen molar-refractivity contribution in [3.8, 4) is 11.5 Å². The number of fused-ring (bicyclic) bond motifs is 4. The average Bonchev–Trinajstić information content (AvgIpc) is 0.711. The molecule has 0 aliphatic carbocycles. The summed E-state index contributed by atoms with van der Waals surface area (Å²) in [6.07, 6.45) is 6.06. The molecular weight excluding hydrogens is 1810 g/mol. The summed E-state index contributed by atoms with van der Waals surface area (Å²) >= 11 is 0. The number of likely N-dealkylation sites (N-methyl/N-ethyl adjacent to an activating group) is 2. The van der Waals surface area contributed by atoms with Gasteiger partial charge in [-0.05, 0) is 94.4 Å². The van der Waals surface area contributed by atoms with Gasteiger partial charge in [-0.25, -0.2) is 9.37 Å². The highest BCUT2D eigenvalue weighted by Crippen LogP contribution is 2.48. The molecule has 770 valence electrons. The lowest BCUT2D eigenvalue weighted by atomic mass is 9.83. The van der Waals surface area contributed by atoms with E-state index in [0.717, 1.165) is 58.3 Å². The fourth-order valence-electron chi connectivity index (χ4n) is 19.7. The third-order valence-electron chi connectivity index (χ3n) is 26.9. The molecule has 6 aliphatic rings. The Hall–Kier alpha value is -7.32. The van der Waals surface area contributed by atoms with Crippen molar-refractivity contribution in [3.63, 3.8) is 0 Å². The number of nitrogens with zero attached hydrogens (tertiary/aromatic N) is 3. The number of carbonyl (C=O) groups excluding carboxylic acids is 4. The Morgan fingerprint density at radius 1 is 0.635 bits per heavy atom.